The minimum Gasteiger partial charge on any atom is -0.352 e. The van der Waals surface area contributed by atoms with Crippen LogP contribution in [0, 0.1) is 0 Å². The highest BCUT2D eigenvalue weighted by Gasteiger charge is 2.18. The van der Waals surface area contributed by atoms with Crippen molar-refractivity contribution in [3.63, 3.8) is 0 Å². The number of rotatable bonds is 6. The molecule has 2 N–H and O–H groups in total. The van der Waals surface area contributed by atoms with Gasteiger partial charge in [-0.2, -0.15) is 0 Å². The highest BCUT2D eigenvalue weighted by molar-refractivity contribution is 5.99. The fourth-order valence-corrected chi connectivity index (χ4v) is 3.71. The van der Waals surface area contributed by atoms with Gasteiger partial charge in [-0.3, -0.25) is 9.59 Å². The molecule has 1 aromatic carbocycles. The van der Waals surface area contributed by atoms with Gasteiger partial charge in [-0.25, -0.2) is 0 Å². The molecule has 0 spiro atoms. The van der Waals surface area contributed by atoms with E-state index in [1.807, 2.05) is 0 Å². The highest BCUT2D eigenvalue weighted by atomic mass is 16.2. The molecule has 134 valence electrons. The van der Waals surface area contributed by atoms with Crippen LogP contribution in [0.5, 0.6) is 0 Å². The first-order valence-electron chi connectivity index (χ1n) is 9.59. The molecular weight excluding hydrogens is 312 g/mol. The van der Waals surface area contributed by atoms with Gasteiger partial charge in [-0.1, -0.05) is 30.6 Å². The number of amides is 2. The molecule has 0 bridgehead atoms. The Morgan fingerprint density at radius 1 is 1.00 bits per heavy atom. The molecular formula is C21H28N2O2. The van der Waals surface area contributed by atoms with E-state index in [2.05, 4.69) is 16.7 Å². The zero-order valence-corrected chi connectivity index (χ0v) is 14.9. The number of carbonyl (C=O) groups excluding carboxylic acids is 2. The van der Waals surface area contributed by atoms with Crippen LogP contribution in [0.4, 0.5) is 0 Å². The van der Waals surface area contributed by atoms with Crippen LogP contribution < -0.4 is 10.6 Å². The molecule has 4 heteroatoms. The molecule has 1 fully saturated rings. The van der Waals surface area contributed by atoms with Gasteiger partial charge in [0.15, 0.2) is 0 Å². The summed E-state index contributed by atoms with van der Waals surface area (Å²) in [6.07, 6.45) is 12.6. The summed E-state index contributed by atoms with van der Waals surface area (Å²) in [5.74, 6) is -0.180. The summed E-state index contributed by atoms with van der Waals surface area (Å²) in [6.45, 7) is 0.656. The van der Waals surface area contributed by atoms with Crippen molar-refractivity contribution in [1.82, 2.24) is 10.6 Å². The highest BCUT2D eigenvalue weighted by Crippen LogP contribution is 2.20. The van der Waals surface area contributed by atoms with Gasteiger partial charge in [0.1, 0.15) is 0 Å². The molecule has 0 aromatic heterocycles. The standard InChI is InChI=1S/C21H28N2O2/c24-20(22-14-13-16-7-2-1-3-8-16)17-9-6-10-18(15-17)21(25)23-19-11-4-5-12-19/h6-7,9-10,15,19H,1-5,8,11-14H2,(H,22,24)(H,23,25). The Morgan fingerprint density at radius 2 is 1.76 bits per heavy atom. The van der Waals surface area contributed by atoms with Crippen LogP contribution in [0.1, 0.15) is 78.5 Å². The van der Waals surface area contributed by atoms with E-state index in [1.165, 1.54) is 37.7 Å². The monoisotopic (exact) mass is 340 g/mol. The Morgan fingerprint density at radius 3 is 2.48 bits per heavy atom. The Balaban J connectivity index is 1.51. The lowest BCUT2D eigenvalue weighted by Crippen LogP contribution is -2.32. The number of hydrogen-bond donors (Lipinski definition) is 2. The molecule has 4 nitrogen and oxygen atoms in total. The van der Waals surface area contributed by atoms with Crippen molar-refractivity contribution >= 4 is 11.8 Å². The van der Waals surface area contributed by atoms with E-state index in [0.717, 1.165) is 25.7 Å². The van der Waals surface area contributed by atoms with Crippen LogP contribution in [-0.2, 0) is 0 Å². The summed E-state index contributed by atoms with van der Waals surface area (Å²) >= 11 is 0. The summed E-state index contributed by atoms with van der Waals surface area (Å²) in [5, 5.41) is 6.04. The Labute approximate surface area is 150 Å². The van der Waals surface area contributed by atoms with Crippen molar-refractivity contribution in [1.29, 1.82) is 0 Å². The zero-order chi connectivity index (χ0) is 17.5. The van der Waals surface area contributed by atoms with Crippen LogP contribution in [0.3, 0.4) is 0 Å². The lowest BCUT2D eigenvalue weighted by atomic mass is 9.97. The number of hydrogen-bond acceptors (Lipinski definition) is 2. The molecule has 0 atom stereocenters. The number of carbonyl (C=O) groups is 2. The quantitative estimate of drug-likeness (QED) is 0.770. The largest absolute Gasteiger partial charge is 0.352 e. The fourth-order valence-electron chi connectivity index (χ4n) is 3.71. The Hall–Kier alpha value is -2.10. The van der Waals surface area contributed by atoms with Crippen molar-refractivity contribution < 1.29 is 9.59 Å². The first kappa shape index (κ1) is 17.7. The van der Waals surface area contributed by atoms with Gasteiger partial charge in [-0.05, 0) is 63.1 Å². The van der Waals surface area contributed by atoms with Crippen molar-refractivity contribution in [2.75, 3.05) is 6.54 Å². The lowest BCUT2D eigenvalue weighted by Gasteiger charge is -2.14. The second-order valence-electron chi connectivity index (χ2n) is 7.15. The number of allylic oxidation sites excluding steroid dienone is 1. The predicted molar refractivity (Wildman–Crippen MR) is 99.7 cm³/mol. The van der Waals surface area contributed by atoms with Gasteiger partial charge < -0.3 is 10.6 Å². The van der Waals surface area contributed by atoms with E-state index >= 15 is 0 Å². The maximum atomic E-state index is 12.3. The Bertz CT molecular complexity index is 645. The van der Waals surface area contributed by atoms with Gasteiger partial charge in [0, 0.05) is 23.7 Å². The molecule has 0 heterocycles. The molecule has 25 heavy (non-hydrogen) atoms. The van der Waals surface area contributed by atoms with E-state index in [9.17, 15) is 9.59 Å². The first-order valence-corrected chi connectivity index (χ1v) is 9.59. The van der Waals surface area contributed by atoms with Crippen LogP contribution >= 0.6 is 0 Å². The summed E-state index contributed by atoms with van der Waals surface area (Å²) in [7, 11) is 0. The van der Waals surface area contributed by atoms with Crippen LogP contribution in [0.2, 0.25) is 0 Å². The van der Waals surface area contributed by atoms with E-state index in [-0.39, 0.29) is 17.9 Å². The van der Waals surface area contributed by atoms with Gasteiger partial charge in [0.25, 0.3) is 11.8 Å². The minimum atomic E-state index is -0.105. The summed E-state index contributed by atoms with van der Waals surface area (Å²) in [5.41, 5.74) is 2.57. The molecule has 2 aliphatic carbocycles. The molecule has 1 saturated carbocycles. The molecule has 1 aromatic rings. The van der Waals surface area contributed by atoms with E-state index in [1.54, 1.807) is 24.3 Å². The van der Waals surface area contributed by atoms with E-state index in [0.29, 0.717) is 17.7 Å². The maximum absolute atomic E-state index is 12.3. The van der Waals surface area contributed by atoms with Gasteiger partial charge in [-0.15, -0.1) is 0 Å². The van der Waals surface area contributed by atoms with Crippen LogP contribution in [-0.4, -0.2) is 24.4 Å². The second kappa shape index (κ2) is 8.84. The minimum absolute atomic E-state index is 0.0751. The van der Waals surface area contributed by atoms with E-state index in [4.69, 9.17) is 0 Å². The smallest absolute Gasteiger partial charge is 0.251 e. The van der Waals surface area contributed by atoms with Crippen molar-refractivity contribution in [2.45, 2.75) is 63.8 Å². The maximum Gasteiger partial charge on any atom is 0.251 e. The first-order chi connectivity index (χ1) is 12.2. The molecule has 2 amide bonds. The van der Waals surface area contributed by atoms with Gasteiger partial charge in [0.05, 0.1) is 0 Å². The summed E-state index contributed by atoms with van der Waals surface area (Å²) < 4.78 is 0. The summed E-state index contributed by atoms with van der Waals surface area (Å²) in [4.78, 5) is 24.7. The molecule has 0 saturated heterocycles. The number of benzene rings is 1. The molecule has 2 aliphatic rings. The normalized spacial score (nSPS) is 17.8. The topological polar surface area (TPSA) is 58.2 Å². The van der Waals surface area contributed by atoms with Crippen molar-refractivity contribution in [3.8, 4) is 0 Å². The third kappa shape index (κ3) is 5.18. The molecule has 0 radical (unpaired) electrons. The summed E-state index contributed by atoms with van der Waals surface area (Å²) in [6, 6.07) is 7.30. The molecule has 0 unspecified atom stereocenters. The second-order valence-corrected chi connectivity index (χ2v) is 7.15. The van der Waals surface area contributed by atoms with Crippen LogP contribution in [0.15, 0.2) is 35.9 Å². The SMILES string of the molecule is O=C(NCCC1=CCCCC1)c1cccc(C(=O)NC2CCCC2)c1. The van der Waals surface area contributed by atoms with Crippen LogP contribution in [0.25, 0.3) is 0 Å². The third-order valence-corrected chi connectivity index (χ3v) is 5.19. The van der Waals surface area contributed by atoms with Gasteiger partial charge in [0.2, 0.25) is 0 Å². The van der Waals surface area contributed by atoms with Gasteiger partial charge >= 0.3 is 0 Å². The lowest BCUT2D eigenvalue weighted by molar-refractivity contribution is 0.0938. The van der Waals surface area contributed by atoms with Crippen molar-refractivity contribution in [3.05, 3.63) is 47.0 Å². The molecule has 0 aliphatic heterocycles. The average Bonchev–Trinajstić information content (AvgIpc) is 3.15. The number of nitrogens with one attached hydrogen (secondary N) is 2. The Kier molecular flexibility index (Phi) is 6.26. The fraction of sp³-hybridized carbons (Fsp3) is 0.524. The zero-order valence-electron chi connectivity index (χ0n) is 14.9. The molecule has 3 rings (SSSR count). The average molecular weight is 340 g/mol. The third-order valence-electron chi connectivity index (χ3n) is 5.19. The van der Waals surface area contributed by atoms with Crippen molar-refractivity contribution in [2.24, 2.45) is 0 Å². The predicted octanol–water partition coefficient (Wildman–Crippen LogP) is 3.98. The van der Waals surface area contributed by atoms with E-state index < -0.39 is 0 Å².